The number of ketones is 1. The molecule has 1 fully saturated rings. The smallest absolute Gasteiger partial charge is 0.172 e. The zero-order chi connectivity index (χ0) is 20.4. The molecule has 0 unspecified atom stereocenters. The highest BCUT2D eigenvalue weighted by Gasteiger charge is 2.23. The standard InChI is InChI=1S/C21H25N5O2S/c1-28-12-13-7-18-20(25-9-13)19(21(23)29-18)17(27)8-14-10-24-5-4-16(14)26-6-2-3-15(22)11-26/h4-5,7,9-10,15H,2-3,6,8,11-12,22-23H2,1H3/t15-/m0/s1. The highest BCUT2D eigenvalue weighted by atomic mass is 32.1. The molecule has 0 spiro atoms. The molecule has 1 aliphatic heterocycles. The van der Waals surface area contributed by atoms with Crippen LogP contribution < -0.4 is 16.4 Å². The number of thiophene rings is 1. The van der Waals surface area contributed by atoms with Gasteiger partial charge in [0.05, 0.1) is 27.4 Å². The molecule has 3 aromatic rings. The number of nitrogens with two attached hydrogens (primary N) is 2. The number of methoxy groups -OCH3 is 1. The Balaban J connectivity index is 1.63. The van der Waals surface area contributed by atoms with Crippen LogP contribution in [0.2, 0.25) is 0 Å². The fourth-order valence-electron chi connectivity index (χ4n) is 3.91. The number of nitrogens with zero attached hydrogens (tertiary/aromatic N) is 3. The van der Waals surface area contributed by atoms with E-state index in [9.17, 15) is 4.79 Å². The summed E-state index contributed by atoms with van der Waals surface area (Å²) in [7, 11) is 1.64. The Labute approximate surface area is 173 Å². The number of aromatic nitrogens is 2. The van der Waals surface area contributed by atoms with Gasteiger partial charge in [-0.15, -0.1) is 11.3 Å². The molecule has 1 aliphatic rings. The molecule has 0 aromatic carbocycles. The van der Waals surface area contributed by atoms with E-state index in [4.69, 9.17) is 16.2 Å². The Hall–Kier alpha value is -2.55. The fraction of sp³-hybridized carbons (Fsp3) is 0.381. The third kappa shape index (κ3) is 4.10. The van der Waals surface area contributed by atoms with E-state index in [1.807, 2.05) is 12.1 Å². The number of carbonyl (C=O) groups excluding carboxylic acids is 1. The summed E-state index contributed by atoms with van der Waals surface area (Å²) >= 11 is 1.39. The zero-order valence-electron chi connectivity index (χ0n) is 16.4. The van der Waals surface area contributed by atoms with Gasteiger partial charge >= 0.3 is 0 Å². The quantitative estimate of drug-likeness (QED) is 0.601. The molecule has 0 aliphatic carbocycles. The molecule has 4 rings (SSSR count). The normalized spacial score (nSPS) is 17.0. The van der Waals surface area contributed by atoms with Gasteiger partial charge in [0.25, 0.3) is 0 Å². The number of rotatable bonds is 6. The first kappa shape index (κ1) is 19.8. The van der Waals surface area contributed by atoms with Gasteiger partial charge in [0, 0.05) is 62.5 Å². The van der Waals surface area contributed by atoms with Gasteiger partial charge in [0.2, 0.25) is 0 Å². The summed E-state index contributed by atoms with van der Waals surface area (Å²) in [5.74, 6) is -0.0451. The van der Waals surface area contributed by atoms with Gasteiger partial charge < -0.3 is 21.1 Å². The summed E-state index contributed by atoms with van der Waals surface area (Å²) in [6, 6.07) is 4.10. The Morgan fingerprint density at radius 2 is 2.28 bits per heavy atom. The third-order valence-corrected chi connectivity index (χ3v) is 6.18. The molecular weight excluding hydrogens is 386 g/mol. The van der Waals surface area contributed by atoms with Gasteiger partial charge in [0.15, 0.2) is 5.78 Å². The van der Waals surface area contributed by atoms with Gasteiger partial charge in [-0.25, -0.2) is 0 Å². The predicted octanol–water partition coefficient (Wildman–Crippen LogP) is 2.77. The monoisotopic (exact) mass is 411 g/mol. The largest absolute Gasteiger partial charge is 0.390 e. The van der Waals surface area contributed by atoms with Gasteiger partial charge in [0.1, 0.15) is 0 Å². The summed E-state index contributed by atoms with van der Waals surface area (Å²) in [4.78, 5) is 24.2. The van der Waals surface area contributed by atoms with Crippen molar-refractivity contribution in [3.8, 4) is 0 Å². The van der Waals surface area contributed by atoms with Crippen molar-refractivity contribution in [3.63, 3.8) is 0 Å². The fourth-order valence-corrected chi connectivity index (χ4v) is 4.92. The number of pyridine rings is 2. The average molecular weight is 412 g/mol. The van der Waals surface area contributed by atoms with Crippen molar-refractivity contribution >= 4 is 38.0 Å². The van der Waals surface area contributed by atoms with Crippen molar-refractivity contribution < 1.29 is 9.53 Å². The maximum Gasteiger partial charge on any atom is 0.172 e. The second-order valence-corrected chi connectivity index (χ2v) is 8.50. The molecule has 7 nitrogen and oxygen atoms in total. The molecule has 0 saturated carbocycles. The Morgan fingerprint density at radius 3 is 3.07 bits per heavy atom. The second kappa shape index (κ2) is 8.44. The first-order valence-electron chi connectivity index (χ1n) is 9.69. The lowest BCUT2D eigenvalue weighted by Gasteiger charge is -2.33. The third-order valence-electron chi connectivity index (χ3n) is 5.23. The topological polar surface area (TPSA) is 107 Å². The van der Waals surface area contributed by atoms with E-state index < -0.39 is 0 Å². The molecule has 3 aromatic heterocycles. The molecular formula is C21H25N5O2S. The van der Waals surface area contributed by atoms with Crippen molar-refractivity contribution in [1.29, 1.82) is 0 Å². The number of hydrogen-bond donors (Lipinski definition) is 2. The second-order valence-electron chi connectivity index (χ2n) is 7.42. The van der Waals surface area contributed by atoms with E-state index in [2.05, 4.69) is 14.9 Å². The Bertz CT molecular complexity index is 1040. The number of piperidine rings is 1. The van der Waals surface area contributed by atoms with Crippen LogP contribution in [0.5, 0.6) is 0 Å². The summed E-state index contributed by atoms with van der Waals surface area (Å²) in [6.07, 6.45) is 7.57. The van der Waals surface area contributed by atoms with Gasteiger partial charge in [-0.2, -0.15) is 0 Å². The minimum Gasteiger partial charge on any atom is -0.390 e. The van der Waals surface area contributed by atoms with Gasteiger partial charge in [-0.3, -0.25) is 14.8 Å². The summed E-state index contributed by atoms with van der Waals surface area (Å²) in [6.45, 7) is 2.20. The molecule has 29 heavy (non-hydrogen) atoms. The number of carbonyl (C=O) groups is 1. The number of ether oxygens (including phenoxy) is 1. The minimum absolute atomic E-state index is 0.0451. The van der Waals surface area contributed by atoms with Crippen LogP contribution in [0.4, 0.5) is 10.7 Å². The minimum atomic E-state index is -0.0451. The highest BCUT2D eigenvalue weighted by molar-refractivity contribution is 7.23. The van der Waals surface area contributed by atoms with E-state index in [1.54, 1.807) is 25.7 Å². The average Bonchev–Trinajstić information content (AvgIpc) is 3.03. The van der Waals surface area contributed by atoms with E-state index >= 15 is 0 Å². The van der Waals surface area contributed by atoms with Gasteiger partial charge in [-0.1, -0.05) is 0 Å². The molecule has 8 heteroatoms. The lowest BCUT2D eigenvalue weighted by molar-refractivity contribution is 0.0995. The number of hydrogen-bond acceptors (Lipinski definition) is 8. The van der Waals surface area contributed by atoms with Crippen LogP contribution in [-0.2, 0) is 17.8 Å². The number of fused-ring (bicyclic) bond motifs is 1. The van der Waals surface area contributed by atoms with E-state index in [1.165, 1.54) is 11.3 Å². The molecule has 0 radical (unpaired) electrons. The van der Waals surface area contributed by atoms with Crippen LogP contribution >= 0.6 is 11.3 Å². The highest BCUT2D eigenvalue weighted by Crippen LogP contribution is 2.34. The van der Waals surface area contributed by atoms with Crippen LogP contribution in [0, 0.1) is 0 Å². The summed E-state index contributed by atoms with van der Waals surface area (Å²) in [5.41, 5.74) is 16.4. The lowest BCUT2D eigenvalue weighted by Crippen LogP contribution is -2.43. The lowest BCUT2D eigenvalue weighted by atomic mass is 10.0. The molecule has 4 heterocycles. The maximum atomic E-state index is 13.2. The van der Waals surface area contributed by atoms with Crippen LogP contribution in [0.1, 0.15) is 34.3 Å². The first-order chi connectivity index (χ1) is 14.1. The first-order valence-corrected chi connectivity index (χ1v) is 10.5. The zero-order valence-corrected chi connectivity index (χ0v) is 17.2. The summed E-state index contributed by atoms with van der Waals surface area (Å²) in [5, 5.41) is 0.498. The van der Waals surface area contributed by atoms with Crippen LogP contribution in [0.25, 0.3) is 10.2 Å². The maximum absolute atomic E-state index is 13.2. The van der Waals surface area contributed by atoms with Crippen LogP contribution in [0.15, 0.2) is 30.7 Å². The van der Waals surface area contributed by atoms with Crippen molar-refractivity contribution in [1.82, 2.24) is 9.97 Å². The predicted molar refractivity (Wildman–Crippen MR) is 116 cm³/mol. The van der Waals surface area contributed by atoms with Crippen LogP contribution in [0.3, 0.4) is 0 Å². The number of Topliss-reactive ketones (excluding diaryl/α,β-unsaturated/α-hetero) is 1. The van der Waals surface area contributed by atoms with Crippen molar-refractivity contribution in [2.75, 3.05) is 30.8 Å². The number of anilines is 2. The SMILES string of the molecule is COCc1cnc2c(C(=O)Cc3cnccc3N3CCC[C@H](N)C3)c(N)sc2c1. The molecule has 1 saturated heterocycles. The van der Waals surface area contributed by atoms with E-state index in [0.29, 0.717) is 22.7 Å². The Morgan fingerprint density at radius 1 is 1.41 bits per heavy atom. The molecule has 0 amide bonds. The van der Waals surface area contributed by atoms with E-state index in [0.717, 1.165) is 47.4 Å². The van der Waals surface area contributed by atoms with Crippen molar-refractivity contribution in [3.05, 3.63) is 47.4 Å². The van der Waals surface area contributed by atoms with Crippen molar-refractivity contribution in [2.45, 2.75) is 31.9 Å². The molecule has 1 atom stereocenters. The molecule has 0 bridgehead atoms. The number of nitrogen functional groups attached to an aromatic ring is 1. The van der Waals surface area contributed by atoms with E-state index in [-0.39, 0.29) is 18.2 Å². The Kier molecular flexibility index (Phi) is 5.75. The van der Waals surface area contributed by atoms with Crippen LogP contribution in [-0.4, -0.2) is 42.0 Å². The summed E-state index contributed by atoms with van der Waals surface area (Å²) < 4.78 is 6.06. The van der Waals surface area contributed by atoms with Crippen molar-refractivity contribution in [2.24, 2.45) is 5.73 Å². The molecule has 152 valence electrons. The van der Waals surface area contributed by atoms with Gasteiger partial charge in [-0.05, 0) is 30.5 Å². The molecule has 4 N–H and O–H groups in total.